The maximum Gasteiger partial charge on any atom is 0.314 e. The maximum atomic E-state index is 12.7. The molecule has 0 aromatic carbocycles. The highest BCUT2D eigenvalue weighted by atomic mass is 16.7. The highest BCUT2D eigenvalue weighted by Crippen LogP contribution is 2.61. The van der Waals surface area contributed by atoms with Gasteiger partial charge in [-0.3, -0.25) is 14.4 Å². The Balaban J connectivity index is 1.68. The predicted molar refractivity (Wildman–Crippen MR) is 89.4 cm³/mol. The van der Waals surface area contributed by atoms with Crippen molar-refractivity contribution in [3.8, 4) is 0 Å². The zero-order chi connectivity index (χ0) is 19.1. The number of hydrogen-bond acceptors (Lipinski definition) is 7. The Labute approximate surface area is 153 Å². The van der Waals surface area contributed by atoms with E-state index < -0.39 is 23.1 Å². The Hall–Kier alpha value is -1.63. The van der Waals surface area contributed by atoms with Crippen LogP contribution in [0.3, 0.4) is 0 Å². The second-order valence-corrected chi connectivity index (χ2v) is 9.16. The molecule has 3 atom stereocenters. The van der Waals surface area contributed by atoms with Gasteiger partial charge in [0.1, 0.15) is 6.10 Å². The standard InChI is InChI=1S/C19H28O7/c1-18(2,3)16(22)26-15-12-4-11-5-13(15)8-19(6-11,7-12)17(23)25-14(21)9-24-10-20/h10-15,21H,4-9H2,1-3H3. The van der Waals surface area contributed by atoms with Crippen LogP contribution < -0.4 is 0 Å². The van der Waals surface area contributed by atoms with Crippen molar-refractivity contribution < 1.29 is 33.7 Å². The first-order valence-electron chi connectivity index (χ1n) is 9.30. The zero-order valence-electron chi connectivity index (χ0n) is 15.6. The number of esters is 2. The topological polar surface area (TPSA) is 99.1 Å². The van der Waals surface area contributed by atoms with E-state index in [4.69, 9.17) is 9.47 Å². The van der Waals surface area contributed by atoms with Crippen LogP contribution in [-0.2, 0) is 28.6 Å². The quantitative estimate of drug-likeness (QED) is 0.330. The number of rotatable bonds is 6. The Morgan fingerprint density at radius 2 is 1.81 bits per heavy atom. The van der Waals surface area contributed by atoms with Gasteiger partial charge in [0.05, 0.1) is 10.8 Å². The molecule has 4 bridgehead atoms. The van der Waals surface area contributed by atoms with Crippen molar-refractivity contribution in [3.63, 3.8) is 0 Å². The van der Waals surface area contributed by atoms with Crippen LogP contribution in [0.15, 0.2) is 0 Å². The highest BCUT2D eigenvalue weighted by Gasteiger charge is 2.60. The molecule has 7 heteroatoms. The fourth-order valence-electron chi connectivity index (χ4n) is 5.12. The summed E-state index contributed by atoms with van der Waals surface area (Å²) in [5.74, 6) is 0.104. The van der Waals surface area contributed by atoms with Crippen molar-refractivity contribution >= 4 is 18.4 Å². The smallest absolute Gasteiger partial charge is 0.314 e. The third-order valence-corrected chi connectivity index (χ3v) is 6.03. The lowest BCUT2D eigenvalue weighted by molar-refractivity contribution is -0.214. The monoisotopic (exact) mass is 368 g/mol. The Bertz CT molecular complexity index is 563. The number of ether oxygens (including phenoxy) is 3. The molecule has 4 aliphatic rings. The summed E-state index contributed by atoms with van der Waals surface area (Å²) in [4.78, 5) is 35.2. The summed E-state index contributed by atoms with van der Waals surface area (Å²) in [6.45, 7) is 5.36. The molecule has 0 saturated heterocycles. The SMILES string of the molecule is CC(C)(C)C(=O)OC1C2CC3CC1CC(C(=O)OC(O)COC=O)(C3)C2. The van der Waals surface area contributed by atoms with Gasteiger partial charge >= 0.3 is 11.9 Å². The molecule has 0 aliphatic heterocycles. The van der Waals surface area contributed by atoms with Crippen LogP contribution in [0.25, 0.3) is 0 Å². The molecular formula is C19H28O7. The summed E-state index contributed by atoms with van der Waals surface area (Å²) in [5, 5.41) is 9.72. The lowest BCUT2D eigenvalue weighted by atomic mass is 9.48. The minimum atomic E-state index is -1.45. The van der Waals surface area contributed by atoms with Crippen LogP contribution in [0, 0.1) is 28.6 Å². The molecular weight excluding hydrogens is 340 g/mol. The van der Waals surface area contributed by atoms with Crippen LogP contribution in [0.1, 0.15) is 52.9 Å². The van der Waals surface area contributed by atoms with Gasteiger partial charge in [-0.05, 0) is 70.6 Å². The number of aliphatic hydroxyl groups excluding tert-OH is 1. The second kappa shape index (κ2) is 6.83. The van der Waals surface area contributed by atoms with Gasteiger partial charge in [-0.2, -0.15) is 0 Å². The van der Waals surface area contributed by atoms with Crippen LogP contribution in [0.2, 0.25) is 0 Å². The maximum absolute atomic E-state index is 12.7. The van der Waals surface area contributed by atoms with Crippen LogP contribution >= 0.6 is 0 Å². The number of carbonyl (C=O) groups excluding carboxylic acids is 3. The van der Waals surface area contributed by atoms with Gasteiger partial charge in [0.2, 0.25) is 6.29 Å². The minimum absolute atomic E-state index is 0.137. The van der Waals surface area contributed by atoms with Gasteiger partial charge in [-0.25, -0.2) is 0 Å². The highest BCUT2D eigenvalue weighted by molar-refractivity contribution is 5.78. The molecule has 1 N–H and O–H groups in total. The fraction of sp³-hybridized carbons (Fsp3) is 0.842. The van der Waals surface area contributed by atoms with E-state index in [1.807, 2.05) is 20.8 Å². The Morgan fingerprint density at radius 3 is 2.35 bits per heavy atom. The lowest BCUT2D eigenvalue weighted by Crippen LogP contribution is -2.58. The Kier molecular flexibility index (Phi) is 5.03. The normalized spacial score (nSPS) is 36.3. The van der Waals surface area contributed by atoms with Crippen molar-refractivity contribution in [2.24, 2.45) is 28.6 Å². The molecule has 0 heterocycles. The molecule has 7 nitrogen and oxygen atoms in total. The summed E-state index contributed by atoms with van der Waals surface area (Å²) in [6, 6.07) is 0. The van der Waals surface area contributed by atoms with Gasteiger partial charge in [0, 0.05) is 0 Å². The summed E-state index contributed by atoms with van der Waals surface area (Å²) in [5.41, 5.74) is -1.17. The van der Waals surface area contributed by atoms with Crippen molar-refractivity contribution in [2.75, 3.05) is 6.61 Å². The van der Waals surface area contributed by atoms with Crippen LogP contribution in [0.4, 0.5) is 0 Å². The minimum Gasteiger partial charge on any atom is -0.461 e. The molecule has 0 amide bonds. The zero-order valence-corrected chi connectivity index (χ0v) is 15.6. The second-order valence-electron chi connectivity index (χ2n) is 9.16. The molecule has 4 fully saturated rings. The van der Waals surface area contributed by atoms with E-state index in [1.165, 1.54) is 0 Å². The van der Waals surface area contributed by atoms with E-state index in [2.05, 4.69) is 4.74 Å². The molecule has 3 unspecified atom stereocenters. The molecule has 146 valence electrons. The van der Waals surface area contributed by atoms with Crippen LogP contribution in [-0.4, -0.2) is 42.5 Å². The molecule has 26 heavy (non-hydrogen) atoms. The number of carbonyl (C=O) groups is 3. The average molecular weight is 368 g/mol. The molecule has 0 aromatic rings. The number of aliphatic hydroxyl groups is 1. The van der Waals surface area contributed by atoms with E-state index >= 15 is 0 Å². The summed E-state index contributed by atoms with van der Waals surface area (Å²) in [7, 11) is 0. The van der Waals surface area contributed by atoms with E-state index in [0.717, 1.165) is 19.3 Å². The predicted octanol–water partition coefficient (Wildman–Crippen LogP) is 1.81. The van der Waals surface area contributed by atoms with E-state index in [-0.39, 0.29) is 37.0 Å². The van der Waals surface area contributed by atoms with Gasteiger partial charge in [-0.1, -0.05) is 0 Å². The first-order valence-corrected chi connectivity index (χ1v) is 9.30. The summed E-state index contributed by atoms with van der Waals surface area (Å²) in [6.07, 6.45) is 2.32. The van der Waals surface area contributed by atoms with Crippen molar-refractivity contribution in [2.45, 2.75) is 65.3 Å². The molecule has 0 aromatic heterocycles. The van der Waals surface area contributed by atoms with Gasteiger partial charge in [0.25, 0.3) is 6.47 Å². The van der Waals surface area contributed by atoms with Gasteiger partial charge in [-0.15, -0.1) is 0 Å². The summed E-state index contributed by atoms with van der Waals surface area (Å²) >= 11 is 0. The van der Waals surface area contributed by atoms with Gasteiger partial charge in [0.15, 0.2) is 6.61 Å². The Morgan fingerprint density at radius 1 is 1.19 bits per heavy atom. The van der Waals surface area contributed by atoms with Crippen LogP contribution in [0.5, 0.6) is 0 Å². The molecule has 4 rings (SSSR count). The van der Waals surface area contributed by atoms with Crippen molar-refractivity contribution in [3.05, 3.63) is 0 Å². The lowest BCUT2D eigenvalue weighted by Gasteiger charge is -2.58. The molecule has 4 saturated carbocycles. The van der Waals surface area contributed by atoms with E-state index in [0.29, 0.717) is 18.8 Å². The largest absolute Gasteiger partial charge is 0.461 e. The third-order valence-electron chi connectivity index (χ3n) is 6.03. The average Bonchev–Trinajstić information content (AvgIpc) is 2.54. The van der Waals surface area contributed by atoms with Gasteiger partial charge < -0.3 is 19.3 Å². The third kappa shape index (κ3) is 3.59. The molecule has 0 radical (unpaired) electrons. The van der Waals surface area contributed by atoms with E-state index in [1.54, 1.807) is 0 Å². The first kappa shape index (κ1) is 19.1. The van der Waals surface area contributed by atoms with E-state index in [9.17, 15) is 19.5 Å². The van der Waals surface area contributed by atoms with Crippen molar-refractivity contribution in [1.82, 2.24) is 0 Å². The fourth-order valence-corrected chi connectivity index (χ4v) is 5.12. The first-order chi connectivity index (χ1) is 12.1. The molecule has 4 aliphatic carbocycles. The summed E-state index contributed by atoms with van der Waals surface area (Å²) < 4.78 is 15.4. The van der Waals surface area contributed by atoms with Crippen molar-refractivity contribution in [1.29, 1.82) is 0 Å². The number of hydrogen-bond donors (Lipinski definition) is 1. The molecule has 0 spiro atoms.